The summed E-state index contributed by atoms with van der Waals surface area (Å²) in [5.41, 5.74) is 1.71. The fraction of sp³-hybridized carbons (Fsp3) is 0.647. The molecule has 2 aliphatic carbocycles. The molecule has 3 rings (SSSR count). The Morgan fingerprint density at radius 3 is 2.42 bits per heavy atom. The second kappa shape index (κ2) is 5.03. The van der Waals surface area contributed by atoms with E-state index in [1.165, 1.54) is 24.8 Å². The first-order valence-corrected chi connectivity index (χ1v) is 8.86. The third kappa shape index (κ3) is 2.06. The summed E-state index contributed by atoms with van der Waals surface area (Å²) in [5, 5.41) is 0. The maximum absolute atomic E-state index is 6.57. The maximum Gasteiger partial charge on any atom is 0.0857 e. The molecule has 104 valence electrons. The molecule has 2 aliphatic rings. The van der Waals surface area contributed by atoms with Crippen molar-refractivity contribution in [3.63, 3.8) is 0 Å². The Bertz CT molecular complexity index is 442. The SMILES string of the molecule is CC1(C)C2CCC(C2)C1(CI)OCc1ccccc1. The lowest BCUT2D eigenvalue weighted by molar-refractivity contribution is -0.144. The summed E-state index contributed by atoms with van der Waals surface area (Å²) in [6, 6.07) is 10.6. The van der Waals surface area contributed by atoms with Crippen molar-refractivity contribution in [2.45, 2.75) is 45.3 Å². The van der Waals surface area contributed by atoms with Crippen LogP contribution in [0.3, 0.4) is 0 Å². The Morgan fingerprint density at radius 1 is 1.16 bits per heavy atom. The van der Waals surface area contributed by atoms with Gasteiger partial charge in [-0.1, -0.05) is 66.8 Å². The second-order valence-electron chi connectivity index (χ2n) is 6.73. The summed E-state index contributed by atoms with van der Waals surface area (Å²) in [5.74, 6) is 1.64. The van der Waals surface area contributed by atoms with Crippen molar-refractivity contribution in [2.75, 3.05) is 4.43 Å². The monoisotopic (exact) mass is 370 g/mol. The van der Waals surface area contributed by atoms with Gasteiger partial charge < -0.3 is 4.74 Å². The Balaban J connectivity index is 1.80. The van der Waals surface area contributed by atoms with Crippen LogP contribution in [-0.2, 0) is 11.3 Å². The van der Waals surface area contributed by atoms with E-state index in [1.807, 2.05) is 0 Å². The zero-order chi connectivity index (χ0) is 13.5. The fourth-order valence-electron chi connectivity index (χ4n) is 4.34. The van der Waals surface area contributed by atoms with Crippen LogP contribution in [0.5, 0.6) is 0 Å². The highest BCUT2D eigenvalue weighted by Crippen LogP contribution is 2.63. The molecule has 1 nitrogen and oxygen atoms in total. The molecule has 2 saturated carbocycles. The van der Waals surface area contributed by atoms with Crippen LogP contribution in [0.4, 0.5) is 0 Å². The van der Waals surface area contributed by atoms with E-state index in [0.717, 1.165) is 22.9 Å². The number of benzene rings is 1. The smallest absolute Gasteiger partial charge is 0.0857 e. The average Bonchev–Trinajstić information content (AvgIpc) is 2.98. The van der Waals surface area contributed by atoms with E-state index in [0.29, 0.717) is 5.41 Å². The van der Waals surface area contributed by atoms with Crippen LogP contribution < -0.4 is 0 Å². The van der Waals surface area contributed by atoms with Crippen LogP contribution in [0.25, 0.3) is 0 Å². The third-order valence-electron chi connectivity index (χ3n) is 5.74. The van der Waals surface area contributed by atoms with Crippen LogP contribution in [0.2, 0.25) is 0 Å². The predicted molar refractivity (Wildman–Crippen MR) is 87.5 cm³/mol. The first-order chi connectivity index (χ1) is 9.10. The Hall–Kier alpha value is -0.0900. The highest BCUT2D eigenvalue weighted by atomic mass is 127. The highest BCUT2D eigenvalue weighted by molar-refractivity contribution is 14.1. The first-order valence-electron chi connectivity index (χ1n) is 7.34. The van der Waals surface area contributed by atoms with Gasteiger partial charge in [0.15, 0.2) is 0 Å². The third-order valence-corrected chi connectivity index (χ3v) is 6.87. The number of hydrogen-bond acceptors (Lipinski definition) is 1. The van der Waals surface area contributed by atoms with E-state index in [-0.39, 0.29) is 5.60 Å². The van der Waals surface area contributed by atoms with Gasteiger partial charge in [-0.05, 0) is 42.1 Å². The lowest BCUT2D eigenvalue weighted by atomic mass is 9.66. The quantitative estimate of drug-likeness (QED) is 0.545. The van der Waals surface area contributed by atoms with Crippen LogP contribution in [0.1, 0.15) is 38.7 Å². The fourth-order valence-corrected chi connectivity index (χ4v) is 6.17. The van der Waals surface area contributed by atoms with Gasteiger partial charge in [-0.2, -0.15) is 0 Å². The number of rotatable bonds is 4. The number of halogens is 1. The first kappa shape index (κ1) is 13.9. The minimum atomic E-state index is 0.0896. The van der Waals surface area contributed by atoms with E-state index >= 15 is 0 Å². The van der Waals surface area contributed by atoms with Crippen molar-refractivity contribution < 1.29 is 4.74 Å². The number of hydrogen-bond donors (Lipinski definition) is 0. The molecule has 1 aromatic carbocycles. The summed E-state index contributed by atoms with van der Waals surface area (Å²) in [4.78, 5) is 0. The van der Waals surface area contributed by atoms with Crippen molar-refractivity contribution in [1.82, 2.24) is 0 Å². The molecular weight excluding hydrogens is 347 g/mol. The van der Waals surface area contributed by atoms with Gasteiger partial charge >= 0.3 is 0 Å². The van der Waals surface area contributed by atoms with Gasteiger partial charge in [-0.3, -0.25) is 0 Å². The lowest BCUT2D eigenvalue weighted by Gasteiger charge is -2.48. The van der Waals surface area contributed by atoms with Crippen molar-refractivity contribution in [2.24, 2.45) is 17.3 Å². The highest BCUT2D eigenvalue weighted by Gasteiger charge is 2.63. The number of ether oxygens (including phenoxy) is 1. The zero-order valence-electron chi connectivity index (χ0n) is 11.9. The standard InChI is InChI=1S/C17H23IO/c1-16(2)14-8-9-15(10-14)17(16,12-18)19-11-13-6-4-3-5-7-13/h3-7,14-15H,8-12H2,1-2H3. The van der Waals surface area contributed by atoms with Gasteiger partial charge in [0.25, 0.3) is 0 Å². The van der Waals surface area contributed by atoms with E-state index in [9.17, 15) is 0 Å². The molecule has 0 spiro atoms. The molecule has 0 amide bonds. The summed E-state index contributed by atoms with van der Waals surface area (Å²) < 4.78 is 7.68. The topological polar surface area (TPSA) is 9.23 Å². The van der Waals surface area contributed by atoms with Crippen molar-refractivity contribution in [3.8, 4) is 0 Å². The van der Waals surface area contributed by atoms with Gasteiger partial charge in [0, 0.05) is 4.43 Å². The van der Waals surface area contributed by atoms with Crippen LogP contribution in [0, 0.1) is 17.3 Å². The minimum absolute atomic E-state index is 0.0896. The molecular formula is C17H23IO. The molecule has 0 N–H and O–H groups in total. The minimum Gasteiger partial charge on any atom is -0.369 e. The summed E-state index contributed by atoms with van der Waals surface area (Å²) in [6.07, 6.45) is 4.15. The Morgan fingerprint density at radius 2 is 1.84 bits per heavy atom. The summed E-state index contributed by atoms with van der Waals surface area (Å²) in [6.45, 7) is 5.62. The van der Waals surface area contributed by atoms with Gasteiger partial charge in [-0.15, -0.1) is 0 Å². The van der Waals surface area contributed by atoms with Gasteiger partial charge in [0.05, 0.1) is 12.2 Å². The molecule has 3 atom stereocenters. The lowest BCUT2D eigenvalue weighted by Crippen LogP contribution is -2.52. The van der Waals surface area contributed by atoms with Crippen LogP contribution in [-0.4, -0.2) is 10.0 Å². The molecule has 2 fully saturated rings. The predicted octanol–water partition coefficient (Wildman–Crippen LogP) is 4.83. The summed E-state index contributed by atoms with van der Waals surface area (Å²) >= 11 is 2.54. The van der Waals surface area contributed by atoms with Crippen molar-refractivity contribution in [3.05, 3.63) is 35.9 Å². The largest absolute Gasteiger partial charge is 0.369 e. The van der Waals surface area contributed by atoms with Crippen LogP contribution >= 0.6 is 22.6 Å². The molecule has 3 unspecified atom stereocenters. The summed E-state index contributed by atoms with van der Waals surface area (Å²) in [7, 11) is 0. The zero-order valence-corrected chi connectivity index (χ0v) is 14.0. The Labute approximate surface area is 130 Å². The molecule has 2 bridgehead atoms. The van der Waals surface area contributed by atoms with Gasteiger partial charge in [0.1, 0.15) is 0 Å². The average molecular weight is 370 g/mol. The number of alkyl halides is 1. The number of fused-ring (bicyclic) bond motifs is 2. The molecule has 0 aliphatic heterocycles. The molecule has 0 heterocycles. The molecule has 19 heavy (non-hydrogen) atoms. The molecule has 0 aromatic heterocycles. The molecule has 1 aromatic rings. The maximum atomic E-state index is 6.57. The van der Waals surface area contributed by atoms with Gasteiger partial charge in [0.2, 0.25) is 0 Å². The van der Waals surface area contributed by atoms with E-state index in [2.05, 4.69) is 66.8 Å². The van der Waals surface area contributed by atoms with Crippen molar-refractivity contribution >= 4 is 22.6 Å². The van der Waals surface area contributed by atoms with Crippen LogP contribution in [0.15, 0.2) is 30.3 Å². The molecule has 0 radical (unpaired) electrons. The molecule has 0 saturated heterocycles. The van der Waals surface area contributed by atoms with E-state index in [1.54, 1.807) is 0 Å². The van der Waals surface area contributed by atoms with Crippen molar-refractivity contribution in [1.29, 1.82) is 0 Å². The Kier molecular flexibility index (Phi) is 3.67. The van der Waals surface area contributed by atoms with E-state index in [4.69, 9.17) is 4.74 Å². The second-order valence-corrected chi connectivity index (χ2v) is 7.49. The van der Waals surface area contributed by atoms with E-state index < -0.39 is 0 Å². The van der Waals surface area contributed by atoms with Gasteiger partial charge in [-0.25, -0.2) is 0 Å². The molecule has 2 heteroatoms. The normalized spacial score (nSPS) is 35.7.